The van der Waals surface area contributed by atoms with Gasteiger partial charge in [-0.3, -0.25) is 0 Å². The molecule has 0 aromatic carbocycles. The van der Waals surface area contributed by atoms with E-state index in [-0.39, 0.29) is 12.4 Å². The molecule has 0 spiro atoms. The third kappa shape index (κ3) is 2.97. The van der Waals surface area contributed by atoms with Gasteiger partial charge >= 0.3 is 0 Å². The lowest BCUT2D eigenvalue weighted by Crippen LogP contribution is -2.19. The average molecular weight is 218 g/mol. The summed E-state index contributed by atoms with van der Waals surface area (Å²) in [7, 11) is 0. The van der Waals surface area contributed by atoms with Crippen molar-refractivity contribution in [1.82, 2.24) is 14.9 Å². The largest absolute Gasteiger partial charge is 0.388 e. The molecule has 1 saturated heterocycles. The van der Waals surface area contributed by atoms with E-state index in [0.717, 1.165) is 18.7 Å². The van der Waals surface area contributed by atoms with Gasteiger partial charge in [0.05, 0.1) is 5.69 Å². The van der Waals surface area contributed by atoms with Gasteiger partial charge in [-0.1, -0.05) is 4.49 Å². The third-order valence-electron chi connectivity index (χ3n) is 1.92. The van der Waals surface area contributed by atoms with Gasteiger partial charge in [-0.25, -0.2) is 0 Å². The normalized spacial score (nSPS) is 19.2. The van der Waals surface area contributed by atoms with Crippen LogP contribution in [0.3, 0.4) is 0 Å². The van der Waals surface area contributed by atoms with Crippen LogP contribution in [0.5, 0.6) is 0 Å². The Bertz CT molecular complexity index is 263. The van der Waals surface area contributed by atoms with Crippen LogP contribution in [0.2, 0.25) is 0 Å². The number of hydrogen-bond acceptors (Lipinski definition) is 4. The maximum atomic E-state index is 3.96. The number of halogens is 1. The van der Waals surface area contributed by atoms with Gasteiger partial charge in [-0.05, 0) is 36.9 Å². The van der Waals surface area contributed by atoms with Crippen LogP contribution in [0.1, 0.15) is 25.0 Å². The van der Waals surface area contributed by atoms with Gasteiger partial charge < -0.3 is 5.32 Å². The van der Waals surface area contributed by atoms with E-state index >= 15 is 0 Å². The average Bonchev–Trinajstić information content (AvgIpc) is 2.59. The van der Waals surface area contributed by atoms with Crippen molar-refractivity contribution < 1.29 is 0 Å². The monoisotopic (exact) mass is 217 g/mol. The molecule has 13 heavy (non-hydrogen) atoms. The van der Waals surface area contributed by atoms with E-state index < -0.39 is 0 Å². The number of aromatic nitrogens is 2. The first-order chi connectivity index (χ1) is 5.95. The fourth-order valence-corrected chi connectivity index (χ4v) is 1.73. The van der Waals surface area contributed by atoms with Gasteiger partial charge in [0.25, 0.3) is 0 Å². The van der Waals surface area contributed by atoms with Crippen molar-refractivity contribution in [1.29, 1.82) is 0 Å². The molecule has 3 nitrogen and oxygen atoms in total. The topological polar surface area (TPSA) is 37.8 Å². The van der Waals surface area contributed by atoms with Gasteiger partial charge in [0.2, 0.25) is 0 Å². The van der Waals surface area contributed by atoms with Crippen molar-refractivity contribution in [3.05, 3.63) is 16.8 Å². The Labute approximate surface area is 87.8 Å². The molecule has 1 N–H and O–H groups in total. The van der Waals surface area contributed by atoms with Gasteiger partial charge in [-0.2, -0.15) is 0 Å². The molecule has 5 heteroatoms. The van der Waals surface area contributed by atoms with Crippen LogP contribution < -0.4 is 5.32 Å². The highest BCUT2D eigenvalue weighted by atomic mass is 35.5. The Hall–Kier alpha value is -0.610. The van der Waals surface area contributed by atoms with E-state index in [0.29, 0.717) is 0 Å². The summed E-state index contributed by atoms with van der Waals surface area (Å²) in [4.78, 5) is 0. The fraction of sp³-hybridized carbons (Fsp3) is 0.500. The Morgan fingerprint density at radius 3 is 3.00 bits per heavy atom. The third-order valence-corrected chi connectivity index (χ3v) is 2.45. The first-order valence-electron chi connectivity index (χ1n) is 4.17. The molecule has 1 aliphatic heterocycles. The van der Waals surface area contributed by atoms with Crippen LogP contribution in [0, 0.1) is 0 Å². The molecule has 1 aromatic heterocycles. The van der Waals surface area contributed by atoms with Crippen molar-refractivity contribution in [3.63, 3.8) is 0 Å². The van der Waals surface area contributed by atoms with Gasteiger partial charge in [0.1, 0.15) is 0 Å². The number of piperidine rings is 1. The summed E-state index contributed by atoms with van der Waals surface area (Å²) < 4.78 is 3.81. The summed E-state index contributed by atoms with van der Waals surface area (Å²) in [5.41, 5.74) is 2.28. The van der Waals surface area contributed by atoms with E-state index in [2.05, 4.69) is 21.0 Å². The van der Waals surface area contributed by atoms with Crippen LogP contribution in [0.4, 0.5) is 0 Å². The van der Waals surface area contributed by atoms with Crippen molar-refractivity contribution in [2.24, 2.45) is 0 Å². The molecular weight excluding hydrogens is 206 g/mol. The van der Waals surface area contributed by atoms with Crippen molar-refractivity contribution in [3.8, 4) is 0 Å². The molecule has 2 rings (SSSR count). The Morgan fingerprint density at radius 2 is 2.38 bits per heavy atom. The van der Waals surface area contributed by atoms with E-state index in [1.54, 1.807) is 0 Å². The summed E-state index contributed by atoms with van der Waals surface area (Å²) in [6.45, 7) is 1.10. The SMILES string of the molecule is C(=C1CCCCN1)c1csnn1.Cl. The molecule has 0 amide bonds. The quantitative estimate of drug-likeness (QED) is 0.783. The first kappa shape index (κ1) is 10.5. The Balaban J connectivity index is 0.000000845. The second-order valence-corrected chi connectivity index (χ2v) is 3.49. The minimum atomic E-state index is 0. The number of rotatable bonds is 1. The number of nitrogens with zero attached hydrogens (tertiary/aromatic N) is 2. The maximum Gasteiger partial charge on any atom is 0.0999 e. The number of allylic oxidation sites excluding steroid dienone is 1. The lowest BCUT2D eigenvalue weighted by molar-refractivity contribution is 0.592. The molecule has 1 aromatic rings. The highest BCUT2D eigenvalue weighted by Crippen LogP contribution is 2.13. The van der Waals surface area contributed by atoms with E-state index in [9.17, 15) is 0 Å². The predicted molar refractivity (Wildman–Crippen MR) is 57.0 cm³/mol. The highest BCUT2D eigenvalue weighted by molar-refractivity contribution is 7.03. The summed E-state index contributed by atoms with van der Waals surface area (Å²) in [5, 5.41) is 9.28. The lowest BCUT2D eigenvalue weighted by atomic mass is 10.1. The van der Waals surface area contributed by atoms with Crippen LogP contribution >= 0.6 is 23.9 Å². The summed E-state index contributed by atoms with van der Waals surface area (Å²) in [6.07, 6.45) is 5.81. The van der Waals surface area contributed by atoms with Gasteiger partial charge in [0.15, 0.2) is 0 Å². The summed E-state index contributed by atoms with van der Waals surface area (Å²) >= 11 is 1.39. The molecule has 0 atom stereocenters. The zero-order chi connectivity index (χ0) is 8.23. The summed E-state index contributed by atoms with van der Waals surface area (Å²) in [5.74, 6) is 0. The standard InChI is InChI=1S/C8H11N3S.ClH/c1-2-4-9-7(3-1)5-8-6-12-11-10-8;/h5-6,9H,1-4H2;1H. The maximum absolute atomic E-state index is 3.96. The van der Waals surface area contributed by atoms with E-state index in [1.165, 1.54) is 30.1 Å². The number of hydrogen-bond donors (Lipinski definition) is 1. The second kappa shape index (κ2) is 5.19. The molecule has 1 aliphatic rings. The molecule has 0 radical (unpaired) electrons. The molecule has 0 unspecified atom stereocenters. The van der Waals surface area contributed by atoms with Crippen LogP contribution in [0.25, 0.3) is 6.08 Å². The van der Waals surface area contributed by atoms with Crippen molar-refractivity contribution in [2.75, 3.05) is 6.54 Å². The minimum absolute atomic E-state index is 0. The Kier molecular flexibility index (Phi) is 4.18. The molecule has 0 saturated carbocycles. The van der Waals surface area contributed by atoms with E-state index in [1.807, 2.05) is 5.38 Å². The number of nitrogens with one attached hydrogen (secondary N) is 1. The lowest BCUT2D eigenvalue weighted by Gasteiger charge is -2.15. The molecule has 0 aliphatic carbocycles. The first-order valence-corrected chi connectivity index (χ1v) is 5.00. The fourth-order valence-electron chi connectivity index (χ4n) is 1.31. The smallest absolute Gasteiger partial charge is 0.0999 e. The zero-order valence-corrected chi connectivity index (χ0v) is 8.83. The van der Waals surface area contributed by atoms with Crippen LogP contribution in [-0.4, -0.2) is 16.1 Å². The van der Waals surface area contributed by atoms with Gasteiger partial charge in [0, 0.05) is 17.6 Å². The molecular formula is C8H12ClN3S. The van der Waals surface area contributed by atoms with Crippen molar-refractivity contribution >= 4 is 30.0 Å². The van der Waals surface area contributed by atoms with E-state index in [4.69, 9.17) is 0 Å². The minimum Gasteiger partial charge on any atom is -0.388 e. The predicted octanol–water partition coefficient (Wildman–Crippen LogP) is 2.07. The zero-order valence-electron chi connectivity index (χ0n) is 7.19. The second-order valence-electron chi connectivity index (χ2n) is 2.88. The highest BCUT2D eigenvalue weighted by Gasteiger charge is 2.03. The Morgan fingerprint density at radius 1 is 1.46 bits per heavy atom. The van der Waals surface area contributed by atoms with Gasteiger partial charge in [-0.15, -0.1) is 17.5 Å². The van der Waals surface area contributed by atoms with Crippen LogP contribution in [0.15, 0.2) is 11.1 Å². The molecule has 1 fully saturated rings. The van der Waals surface area contributed by atoms with Crippen LogP contribution in [-0.2, 0) is 0 Å². The molecule has 72 valence electrons. The summed E-state index contributed by atoms with van der Waals surface area (Å²) in [6, 6.07) is 0. The molecule has 0 bridgehead atoms. The van der Waals surface area contributed by atoms with Crippen molar-refractivity contribution in [2.45, 2.75) is 19.3 Å². The molecule has 2 heterocycles.